The van der Waals surface area contributed by atoms with Gasteiger partial charge in [-0.3, -0.25) is 14.9 Å². The Kier molecular flexibility index (Phi) is 6.55. The van der Waals surface area contributed by atoms with Crippen LogP contribution >= 0.6 is 0 Å². The van der Waals surface area contributed by atoms with Crippen LogP contribution in [0.5, 0.6) is 11.5 Å². The number of ether oxygens (including phenoxy) is 2. The van der Waals surface area contributed by atoms with Crippen molar-refractivity contribution in [3.63, 3.8) is 0 Å². The summed E-state index contributed by atoms with van der Waals surface area (Å²) in [5, 5.41) is 14.6. The van der Waals surface area contributed by atoms with Crippen LogP contribution in [0.15, 0.2) is 71.4 Å². The quantitative estimate of drug-likeness (QED) is 0.190. The van der Waals surface area contributed by atoms with Gasteiger partial charge >= 0.3 is 0 Å². The van der Waals surface area contributed by atoms with Crippen LogP contribution in [0.25, 0.3) is 27.7 Å². The summed E-state index contributed by atoms with van der Waals surface area (Å²) in [4.78, 5) is 23.2. The van der Waals surface area contributed by atoms with Gasteiger partial charge in [-0.2, -0.15) is 0 Å². The Balaban J connectivity index is 1.68. The fraction of sp³-hybridized carbons (Fsp3) is 0.148. The van der Waals surface area contributed by atoms with Crippen LogP contribution in [0, 0.1) is 17.0 Å². The maximum absolute atomic E-state index is 12.7. The predicted molar refractivity (Wildman–Crippen MR) is 135 cm³/mol. The molecule has 1 heterocycles. The van der Waals surface area contributed by atoms with E-state index in [1.165, 1.54) is 24.3 Å². The van der Waals surface area contributed by atoms with E-state index in [4.69, 9.17) is 13.9 Å². The van der Waals surface area contributed by atoms with Crippen molar-refractivity contribution >= 4 is 33.8 Å². The van der Waals surface area contributed by atoms with E-state index in [1.807, 2.05) is 37.3 Å². The zero-order valence-corrected chi connectivity index (χ0v) is 19.7. The summed E-state index contributed by atoms with van der Waals surface area (Å²) in [7, 11) is 3.18. The molecule has 4 aromatic rings. The molecule has 0 aliphatic heterocycles. The molecule has 1 N–H and O–H groups in total. The molecule has 178 valence electrons. The van der Waals surface area contributed by atoms with E-state index in [1.54, 1.807) is 33.5 Å². The Morgan fingerprint density at radius 2 is 1.89 bits per heavy atom. The third kappa shape index (κ3) is 4.86. The molecule has 0 fully saturated rings. The average Bonchev–Trinajstić information content (AvgIpc) is 3.27. The first-order valence-electron chi connectivity index (χ1n) is 10.8. The normalized spacial score (nSPS) is 11.4. The van der Waals surface area contributed by atoms with Crippen molar-refractivity contribution in [3.05, 3.63) is 88.2 Å². The van der Waals surface area contributed by atoms with E-state index in [2.05, 4.69) is 5.32 Å². The van der Waals surface area contributed by atoms with Crippen molar-refractivity contribution in [1.82, 2.24) is 0 Å². The zero-order chi connectivity index (χ0) is 25.1. The lowest BCUT2D eigenvalue weighted by Crippen LogP contribution is -2.10. The minimum absolute atomic E-state index is 0.0304. The number of benzene rings is 3. The molecule has 8 heteroatoms. The van der Waals surface area contributed by atoms with Gasteiger partial charge in [0.2, 0.25) is 5.91 Å². The molecule has 0 unspecified atom stereocenters. The number of hydrogen-bond donors (Lipinski definition) is 1. The lowest BCUT2D eigenvalue weighted by Gasteiger charge is -2.11. The molecule has 1 aromatic heterocycles. The SMILES string of the molecule is COc1cccc(-c2coc3cc(OC)c(/C(C)=C/C(=O)Nc4ccc([N+](=O)[O-])cc4C)cc23)c1. The molecule has 35 heavy (non-hydrogen) atoms. The van der Waals surface area contributed by atoms with Crippen LogP contribution in [-0.4, -0.2) is 25.1 Å². The van der Waals surface area contributed by atoms with Gasteiger partial charge in [-0.1, -0.05) is 12.1 Å². The first-order chi connectivity index (χ1) is 16.8. The summed E-state index contributed by atoms with van der Waals surface area (Å²) in [6.45, 7) is 3.52. The van der Waals surface area contributed by atoms with Gasteiger partial charge in [0.05, 0.1) is 25.4 Å². The van der Waals surface area contributed by atoms with Gasteiger partial charge in [0.25, 0.3) is 5.69 Å². The number of nitrogens with zero attached hydrogens (tertiary/aromatic N) is 1. The molecule has 0 bridgehead atoms. The Morgan fingerprint density at radius 3 is 2.57 bits per heavy atom. The summed E-state index contributed by atoms with van der Waals surface area (Å²) >= 11 is 0. The molecule has 4 rings (SSSR count). The number of fused-ring (bicyclic) bond motifs is 1. The maximum Gasteiger partial charge on any atom is 0.269 e. The number of aryl methyl sites for hydroxylation is 1. The van der Waals surface area contributed by atoms with Crippen molar-refractivity contribution in [2.75, 3.05) is 19.5 Å². The van der Waals surface area contributed by atoms with Gasteiger partial charge in [-0.25, -0.2) is 0 Å². The maximum atomic E-state index is 12.7. The molecule has 0 saturated heterocycles. The molecule has 8 nitrogen and oxygen atoms in total. The third-order valence-corrected chi connectivity index (χ3v) is 5.73. The number of furan rings is 1. The van der Waals surface area contributed by atoms with Crippen molar-refractivity contribution in [2.45, 2.75) is 13.8 Å². The molecular formula is C27H24N2O6. The lowest BCUT2D eigenvalue weighted by atomic mass is 9.99. The summed E-state index contributed by atoms with van der Waals surface area (Å²) in [5.74, 6) is 0.943. The van der Waals surface area contributed by atoms with E-state index in [0.717, 1.165) is 27.8 Å². The van der Waals surface area contributed by atoms with Crippen molar-refractivity contribution < 1.29 is 23.6 Å². The van der Waals surface area contributed by atoms with Crippen LogP contribution in [0.1, 0.15) is 18.1 Å². The smallest absolute Gasteiger partial charge is 0.269 e. The standard InChI is InChI=1S/C27H24N2O6/c1-16(11-27(30)28-24-9-8-19(29(31)32)10-17(24)2)21-13-22-23(15-35-26(22)14-25(21)34-4)18-6-5-7-20(12-18)33-3/h5-15H,1-4H3,(H,28,30)/b16-11+. The Morgan fingerprint density at radius 1 is 1.09 bits per heavy atom. The van der Waals surface area contributed by atoms with Gasteiger partial charge in [-0.05, 0) is 54.8 Å². The summed E-state index contributed by atoms with van der Waals surface area (Å²) < 4.78 is 16.7. The number of hydrogen-bond acceptors (Lipinski definition) is 6. The second kappa shape index (κ2) is 9.72. The minimum Gasteiger partial charge on any atom is -0.497 e. The fourth-order valence-corrected chi connectivity index (χ4v) is 3.89. The van der Waals surface area contributed by atoms with E-state index < -0.39 is 4.92 Å². The highest BCUT2D eigenvalue weighted by Gasteiger charge is 2.16. The number of allylic oxidation sites excluding steroid dienone is 1. The number of nitro groups is 1. The lowest BCUT2D eigenvalue weighted by molar-refractivity contribution is -0.384. The Hall–Kier alpha value is -4.59. The molecular weight excluding hydrogens is 448 g/mol. The molecule has 1 amide bonds. The van der Waals surface area contributed by atoms with E-state index >= 15 is 0 Å². The van der Waals surface area contributed by atoms with Gasteiger partial charge in [0.15, 0.2) is 0 Å². The van der Waals surface area contributed by atoms with Crippen LogP contribution in [-0.2, 0) is 4.79 Å². The number of amides is 1. The van der Waals surface area contributed by atoms with Gasteiger partial charge in [-0.15, -0.1) is 0 Å². The highest BCUT2D eigenvalue weighted by atomic mass is 16.6. The van der Waals surface area contributed by atoms with Crippen LogP contribution < -0.4 is 14.8 Å². The third-order valence-electron chi connectivity index (χ3n) is 5.73. The second-order valence-electron chi connectivity index (χ2n) is 8.00. The summed E-state index contributed by atoms with van der Waals surface area (Å²) in [6, 6.07) is 15.7. The van der Waals surface area contributed by atoms with E-state index in [9.17, 15) is 14.9 Å². The Bertz CT molecular complexity index is 1470. The fourth-order valence-electron chi connectivity index (χ4n) is 3.89. The van der Waals surface area contributed by atoms with Crippen LogP contribution in [0.4, 0.5) is 11.4 Å². The number of methoxy groups -OCH3 is 2. The average molecular weight is 472 g/mol. The molecule has 0 saturated carbocycles. The summed E-state index contributed by atoms with van der Waals surface area (Å²) in [6.07, 6.45) is 3.15. The first kappa shape index (κ1) is 23.6. The number of anilines is 1. The van der Waals surface area contributed by atoms with Gasteiger partial charge in [0.1, 0.15) is 17.1 Å². The van der Waals surface area contributed by atoms with Gasteiger partial charge in [0, 0.05) is 46.5 Å². The van der Waals surface area contributed by atoms with E-state index in [-0.39, 0.29) is 11.6 Å². The topological polar surface area (TPSA) is 104 Å². The Labute approximate surface area is 201 Å². The number of carbonyl (C=O) groups is 1. The first-order valence-corrected chi connectivity index (χ1v) is 10.8. The number of nitro benzene ring substituents is 1. The second-order valence-corrected chi connectivity index (χ2v) is 8.00. The monoisotopic (exact) mass is 472 g/mol. The van der Waals surface area contributed by atoms with E-state index in [0.29, 0.717) is 28.2 Å². The van der Waals surface area contributed by atoms with Crippen molar-refractivity contribution in [1.29, 1.82) is 0 Å². The molecule has 0 atom stereocenters. The van der Waals surface area contributed by atoms with Crippen LogP contribution in [0.2, 0.25) is 0 Å². The zero-order valence-electron chi connectivity index (χ0n) is 19.7. The molecule has 0 spiro atoms. The van der Waals surface area contributed by atoms with Gasteiger partial charge < -0.3 is 19.2 Å². The largest absolute Gasteiger partial charge is 0.497 e. The summed E-state index contributed by atoms with van der Waals surface area (Å²) in [5.41, 5.74) is 4.97. The number of nitrogens with one attached hydrogen (secondary N) is 1. The highest BCUT2D eigenvalue weighted by Crippen LogP contribution is 2.38. The van der Waals surface area contributed by atoms with Crippen molar-refractivity contribution in [3.8, 4) is 22.6 Å². The molecule has 0 aliphatic carbocycles. The molecule has 3 aromatic carbocycles. The van der Waals surface area contributed by atoms with Crippen molar-refractivity contribution in [2.24, 2.45) is 0 Å². The number of non-ortho nitro benzene ring substituents is 1. The molecule has 0 radical (unpaired) electrons. The molecule has 0 aliphatic rings. The number of carbonyl (C=O) groups excluding carboxylic acids is 1. The minimum atomic E-state index is -0.472. The van der Waals surface area contributed by atoms with Crippen LogP contribution in [0.3, 0.4) is 0 Å². The highest BCUT2D eigenvalue weighted by molar-refractivity contribution is 6.05. The number of rotatable bonds is 7. The predicted octanol–water partition coefficient (Wildman–Crippen LogP) is 6.38.